The maximum absolute atomic E-state index is 13.6. The molecule has 0 aliphatic carbocycles. The van der Waals surface area contributed by atoms with Crippen LogP contribution in [-0.2, 0) is 6.42 Å². The predicted octanol–water partition coefficient (Wildman–Crippen LogP) is 1.37. The maximum atomic E-state index is 13.6. The number of nitrogens with zero attached hydrogens (tertiary/aromatic N) is 2. The Bertz CT molecular complexity index is 499. The van der Waals surface area contributed by atoms with E-state index in [0.717, 1.165) is 5.56 Å². The average Bonchev–Trinajstić information content (AvgIpc) is 2.27. The standard InChI is InChI=1S/C11H11FN4/c12-9-8(15-11(14)16-10(9)13)6-7-4-2-1-3-5-7/h1-5H,6H2,(H4,13,14,15,16). The molecule has 0 unspecified atom stereocenters. The van der Waals surface area contributed by atoms with Crippen molar-refractivity contribution in [2.24, 2.45) is 0 Å². The summed E-state index contributed by atoms with van der Waals surface area (Å²) >= 11 is 0. The van der Waals surface area contributed by atoms with E-state index in [2.05, 4.69) is 9.97 Å². The van der Waals surface area contributed by atoms with E-state index >= 15 is 0 Å². The molecular formula is C11H11FN4. The minimum Gasteiger partial charge on any atom is -0.381 e. The lowest BCUT2D eigenvalue weighted by Crippen LogP contribution is -2.08. The summed E-state index contributed by atoms with van der Waals surface area (Å²) in [6.45, 7) is 0. The molecule has 0 aliphatic heterocycles. The van der Waals surface area contributed by atoms with E-state index in [0.29, 0.717) is 6.42 Å². The molecule has 0 fully saturated rings. The van der Waals surface area contributed by atoms with Gasteiger partial charge in [-0.05, 0) is 5.56 Å². The molecule has 4 N–H and O–H groups in total. The van der Waals surface area contributed by atoms with Crippen LogP contribution in [0.4, 0.5) is 16.2 Å². The first-order chi connectivity index (χ1) is 7.66. The highest BCUT2D eigenvalue weighted by Gasteiger charge is 2.11. The first-order valence-corrected chi connectivity index (χ1v) is 4.78. The zero-order chi connectivity index (χ0) is 11.5. The second-order valence-corrected chi connectivity index (χ2v) is 3.39. The number of hydrogen-bond donors (Lipinski definition) is 2. The summed E-state index contributed by atoms with van der Waals surface area (Å²) in [5.74, 6) is -0.818. The Morgan fingerprint density at radius 1 is 1.06 bits per heavy atom. The van der Waals surface area contributed by atoms with Crippen LogP contribution in [0, 0.1) is 5.82 Å². The normalized spacial score (nSPS) is 10.3. The number of halogens is 1. The Morgan fingerprint density at radius 3 is 2.44 bits per heavy atom. The molecule has 2 aromatic rings. The van der Waals surface area contributed by atoms with Crippen molar-refractivity contribution in [2.45, 2.75) is 6.42 Å². The molecule has 1 heterocycles. The molecular weight excluding hydrogens is 207 g/mol. The van der Waals surface area contributed by atoms with E-state index in [9.17, 15) is 4.39 Å². The van der Waals surface area contributed by atoms with Crippen molar-refractivity contribution in [1.29, 1.82) is 0 Å². The van der Waals surface area contributed by atoms with Crippen molar-refractivity contribution in [1.82, 2.24) is 9.97 Å². The van der Waals surface area contributed by atoms with Gasteiger partial charge in [-0.1, -0.05) is 30.3 Å². The number of benzene rings is 1. The average molecular weight is 218 g/mol. The van der Waals surface area contributed by atoms with Crippen LogP contribution in [0.5, 0.6) is 0 Å². The second-order valence-electron chi connectivity index (χ2n) is 3.39. The van der Waals surface area contributed by atoms with Gasteiger partial charge in [-0.3, -0.25) is 0 Å². The Morgan fingerprint density at radius 2 is 1.75 bits per heavy atom. The maximum Gasteiger partial charge on any atom is 0.222 e. The highest BCUT2D eigenvalue weighted by atomic mass is 19.1. The molecule has 0 amide bonds. The summed E-state index contributed by atoms with van der Waals surface area (Å²) in [6, 6.07) is 9.41. The Labute approximate surface area is 92.1 Å². The summed E-state index contributed by atoms with van der Waals surface area (Å²) < 4.78 is 13.6. The second kappa shape index (κ2) is 4.14. The van der Waals surface area contributed by atoms with Crippen LogP contribution in [0.2, 0.25) is 0 Å². The van der Waals surface area contributed by atoms with Gasteiger partial charge in [0, 0.05) is 6.42 Å². The van der Waals surface area contributed by atoms with Crippen LogP contribution in [-0.4, -0.2) is 9.97 Å². The summed E-state index contributed by atoms with van der Waals surface area (Å²) in [5.41, 5.74) is 11.9. The van der Waals surface area contributed by atoms with Gasteiger partial charge in [0.15, 0.2) is 11.6 Å². The van der Waals surface area contributed by atoms with E-state index in [-0.39, 0.29) is 17.5 Å². The van der Waals surface area contributed by atoms with Crippen molar-refractivity contribution in [3.05, 3.63) is 47.4 Å². The van der Waals surface area contributed by atoms with E-state index in [1.807, 2.05) is 30.3 Å². The molecule has 0 radical (unpaired) electrons. The molecule has 0 saturated carbocycles. The highest BCUT2D eigenvalue weighted by molar-refractivity contribution is 5.39. The van der Waals surface area contributed by atoms with Crippen molar-refractivity contribution in [3.63, 3.8) is 0 Å². The topological polar surface area (TPSA) is 77.8 Å². The first kappa shape index (κ1) is 10.4. The zero-order valence-corrected chi connectivity index (χ0v) is 8.52. The minimum absolute atomic E-state index is 0.00942. The summed E-state index contributed by atoms with van der Waals surface area (Å²) in [7, 11) is 0. The lowest BCUT2D eigenvalue weighted by Gasteiger charge is -2.05. The van der Waals surface area contributed by atoms with Gasteiger partial charge in [0.25, 0.3) is 0 Å². The number of rotatable bonds is 2. The quantitative estimate of drug-likeness (QED) is 0.798. The van der Waals surface area contributed by atoms with E-state index in [1.165, 1.54) is 0 Å². The lowest BCUT2D eigenvalue weighted by atomic mass is 10.1. The largest absolute Gasteiger partial charge is 0.381 e. The minimum atomic E-state index is -0.599. The van der Waals surface area contributed by atoms with Crippen molar-refractivity contribution in [3.8, 4) is 0 Å². The van der Waals surface area contributed by atoms with Crippen molar-refractivity contribution < 1.29 is 4.39 Å². The summed E-state index contributed by atoms with van der Waals surface area (Å²) in [4.78, 5) is 7.39. The lowest BCUT2D eigenvalue weighted by molar-refractivity contribution is 0.603. The van der Waals surface area contributed by atoms with Crippen molar-refractivity contribution >= 4 is 11.8 Å². The van der Waals surface area contributed by atoms with Crippen molar-refractivity contribution in [2.75, 3.05) is 11.5 Å². The molecule has 5 heteroatoms. The molecule has 1 aromatic carbocycles. The van der Waals surface area contributed by atoms with E-state index < -0.39 is 5.82 Å². The highest BCUT2D eigenvalue weighted by Crippen LogP contribution is 2.15. The van der Waals surface area contributed by atoms with E-state index in [4.69, 9.17) is 11.5 Å². The van der Waals surface area contributed by atoms with Gasteiger partial charge in [-0.2, -0.15) is 4.98 Å². The molecule has 2 rings (SSSR count). The van der Waals surface area contributed by atoms with Crippen LogP contribution < -0.4 is 11.5 Å². The fraction of sp³-hybridized carbons (Fsp3) is 0.0909. The molecule has 0 saturated heterocycles. The van der Waals surface area contributed by atoms with Gasteiger partial charge in [0.2, 0.25) is 5.95 Å². The number of nitrogen functional groups attached to an aromatic ring is 2. The monoisotopic (exact) mass is 218 g/mol. The van der Waals surface area contributed by atoms with Gasteiger partial charge < -0.3 is 11.5 Å². The molecule has 0 aliphatic rings. The molecule has 0 spiro atoms. The molecule has 82 valence electrons. The van der Waals surface area contributed by atoms with Gasteiger partial charge in [-0.15, -0.1) is 0 Å². The fourth-order valence-corrected chi connectivity index (χ4v) is 1.44. The zero-order valence-electron chi connectivity index (χ0n) is 8.52. The number of hydrogen-bond acceptors (Lipinski definition) is 4. The molecule has 4 nitrogen and oxygen atoms in total. The third-order valence-corrected chi connectivity index (χ3v) is 2.18. The predicted molar refractivity (Wildman–Crippen MR) is 60.1 cm³/mol. The van der Waals surface area contributed by atoms with Crippen LogP contribution in [0.25, 0.3) is 0 Å². The SMILES string of the molecule is Nc1nc(N)c(F)c(Cc2ccccc2)n1. The Balaban J connectivity index is 2.35. The first-order valence-electron chi connectivity index (χ1n) is 4.78. The summed E-state index contributed by atoms with van der Waals surface area (Å²) in [5, 5.41) is 0. The smallest absolute Gasteiger partial charge is 0.222 e. The Hall–Kier alpha value is -2.17. The number of nitrogens with two attached hydrogens (primary N) is 2. The molecule has 1 aromatic heterocycles. The van der Waals surface area contributed by atoms with Crippen LogP contribution >= 0.6 is 0 Å². The van der Waals surface area contributed by atoms with Gasteiger partial charge >= 0.3 is 0 Å². The number of aromatic nitrogens is 2. The van der Waals surface area contributed by atoms with Gasteiger partial charge in [0.1, 0.15) is 0 Å². The van der Waals surface area contributed by atoms with E-state index in [1.54, 1.807) is 0 Å². The fourth-order valence-electron chi connectivity index (χ4n) is 1.44. The number of anilines is 2. The van der Waals surface area contributed by atoms with Crippen LogP contribution in [0.3, 0.4) is 0 Å². The van der Waals surface area contributed by atoms with Crippen LogP contribution in [0.1, 0.15) is 11.3 Å². The molecule has 0 atom stereocenters. The molecule has 0 bridgehead atoms. The van der Waals surface area contributed by atoms with Gasteiger partial charge in [0.05, 0.1) is 5.69 Å². The third-order valence-electron chi connectivity index (χ3n) is 2.18. The van der Waals surface area contributed by atoms with Gasteiger partial charge in [-0.25, -0.2) is 9.37 Å². The summed E-state index contributed by atoms with van der Waals surface area (Å²) in [6.07, 6.45) is 0.351. The van der Waals surface area contributed by atoms with Crippen LogP contribution in [0.15, 0.2) is 30.3 Å². The Kier molecular flexibility index (Phi) is 2.68. The molecule has 16 heavy (non-hydrogen) atoms. The third kappa shape index (κ3) is 2.08.